The molecule has 5 aliphatic rings. The monoisotopic (exact) mass is 604 g/mol. The number of methoxy groups -OCH3 is 1. The molecular formula is C34H44N4O6. The number of benzene rings is 2. The molecule has 4 bridgehead atoms. The number of fused-ring (bicyclic) bond motifs is 9. The summed E-state index contributed by atoms with van der Waals surface area (Å²) in [6.07, 6.45) is 4.84. The van der Waals surface area contributed by atoms with E-state index in [4.69, 9.17) is 14.2 Å². The van der Waals surface area contributed by atoms with Crippen molar-refractivity contribution in [2.24, 2.45) is 5.92 Å². The Morgan fingerprint density at radius 3 is 2.59 bits per heavy atom. The molecule has 1 aliphatic carbocycles. The van der Waals surface area contributed by atoms with E-state index in [-0.39, 0.29) is 42.5 Å². The van der Waals surface area contributed by atoms with Crippen LogP contribution >= 0.6 is 0 Å². The van der Waals surface area contributed by atoms with Gasteiger partial charge in [0.25, 0.3) is 0 Å². The molecule has 0 spiro atoms. The van der Waals surface area contributed by atoms with Crippen molar-refractivity contribution < 1.29 is 28.6 Å². The van der Waals surface area contributed by atoms with Crippen LogP contribution in [-0.2, 0) is 32.1 Å². The van der Waals surface area contributed by atoms with Crippen LogP contribution in [-0.4, -0.2) is 97.5 Å². The van der Waals surface area contributed by atoms with E-state index in [1.807, 2.05) is 47.4 Å². The molecule has 7 rings (SSSR count). The molecule has 10 heteroatoms. The van der Waals surface area contributed by atoms with Crippen LogP contribution in [0.25, 0.3) is 0 Å². The number of aryl methyl sites for hydroxylation is 1. The summed E-state index contributed by atoms with van der Waals surface area (Å²) in [6, 6.07) is 13.2. The summed E-state index contributed by atoms with van der Waals surface area (Å²) in [5.41, 5.74) is 1.88. The van der Waals surface area contributed by atoms with Gasteiger partial charge in [0.2, 0.25) is 17.7 Å². The number of nitrogens with one attached hydrogen (secondary N) is 1. The number of carbonyl (C=O) groups excluding carboxylic acids is 3. The zero-order valence-corrected chi connectivity index (χ0v) is 25.8. The molecule has 0 radical (unpaired) electrons. The van der Waals surface area contributed by atoms with E-state index in [1.165, 1.54) is 0 Å². The summed E-state index contributed by atoms with van der Waals surface area (Å²) in [6.45, 7) is 3.15. The van der Waals surface area contributed by atoms with Gasteiger partial charge in [0.05, 0.1) is 32.4 Å². The maximum atomic E-state index is 13.4. The van der Waals surface area contributed by atoms with Crippen LogP contribution in [0.5, 0.6) is 17.2 Å². The lowest BCUT2D eigenvalue weighted by Crippen LogP contribution is -2.49. The second kappa shape index (κ2) is 13.6. The maximum absolute atomic E-state index is 13.4. The fourth-order valence-electron chi connectivity index (χ4n) is 6.52. The minimum Gasteiger partial charge on any atom is -0.493 e. The summed E-state index contributed by atoms with van der Waals surface area (Å²) in [7, 11) is 3.72. The molecule has 4 aliphatic heterocycles. The molecule has 236 valence electrons. The first-order valence-electron chi connectivity index (χ1n) is 15.9. The molecule has 3 fully saturated rings. The number of hydrogen-bond donors (Lipinski definition) is 1. The van der Waals surface area contributed by atoms with Crippen LogP contribution in [0.1, 0.15) is 49.7 Å². The molecule has 0 unspecified atom stereocenters. The molecule has 10 nitrogen and oxygen atoms in total. The molecule has 2 aromatic carbocycles. The van der Waals surface area contributed by atoms with Gasteiger partial charge in [0.1, 0.15) is 5.75 Å². The molecular weight excluding hydrogens is 560 g/mol. The van der Waals surface area contributed by atoms with E-state index in [9.17, 15) is 14.4 Å². The Hall–Kier alpha value is -3.63. The van der Waals surface area contributed by atoms with Crippen molar-refractivity contribution in [3.05, 3.63) is 53.6 Å². The number of amides is 3. The Morgan fingerprint density at radius 2 is 1.82 bits per heavy atom. The third-order valence-corrected chi connectivity index (χ3v) is 9.33. The van der Waals surface area contributed by atoms with Gasteiger partial charge in [-0.2, -0.15) is 0 Å². The molecule has 2 saturated heterocycles. The Bertz CT molecular complexity index is 1360. The van der Waals surface area contributed by atoms with Crippen molar-refractivity contribution in [2.75, 3.05) is 46.9 Å². The zero-order chi connectivity index (χ0) is 30.6. The average Bonchev–Trinajstić information content (AvgIpc) is 3.79. The largest absolute Gasteiger partial charge is 0.493 e. The molecule has 2 aromatic rings. The van der Waals surface area contributed by atoms with Crippen molar-refractivity contribution in [3.8, 4) is 17.2 Å². The Kier molecular flexibility index (Phi) is 9.37. The highest BCUT2D eigenvalue weighted by molar-refractivity contribution is 5.86. The Morgan fingerprint density at radius 1 is 1.00 bits per heavy atom. The molecule has 0 aromatic heterocycles. The first-order valence-corrected chi connectivity index (χ1v) is 15.9. The van der Waals surface area contributed by atoms with Crippen LogP contribution < -0.4 is 14.8 Å². The Balaban J connectivity index is 1.22. The smallest absolute Gasteiger partial charge is 0.240 e. The van der Waals surface area contributed by atoms with E-state index < -0.39 is 0 Å². The maximum Gasteiger partial charge on any atom is 0.240 e. The minimum absolute atomic E-state index is 0.00834. The van der Waals surface area contributed by atoms with E-state index in [1.54, 1.807) is 12.0 Å². The van der Waals surface area contributed by atoms with Gasteiger partial charge in [-0.1, -0.05) is 18.2 Å². The summed E-state index contributed by atoms with van der Waals surface area (Å²) in [4.78, 5) is 46.0. The van der Waals surface area contributed by atoms with Gasteiger partial charge in [0, 0.05) is 32.0 Å². The highest BCUT2D eigenvalue weighted by Crippen LogP contribution is 2.34. The van der Waals surface area contributed by atoms with Crippen LogP contribution in [0.3, 0.4) is 0 Å². The zero-order valence-electron chi connectivity index (χ0n) is 25.8. The number of nitrogens with zero attached hydrogens (tertiary/aromatic N) is 3. The standard InChI is InChI=1S/C34H44N4O6/c1-36-14-12-24(13-15-36)18-34(41)37-19-28-31(20-37)43-22-25-4-3-5-27(16-25)44-29-10-6-23(17-30(29)42-2)7-11-33(40)38(26-8-9-26)21-32(39)35-28/h3-6,10,16-17,24,26,28,31H,7-9,11-15,18-22H2,1-2H3,(H,35,39)/t28-,31-/m0/s1. The highest BCUT2D eigenvalue weighted by atomic mass is 16.5. The molecule has 2 atom stereocenters. The molecule has 1 N–H and O–H groups in total. The van der Waals surface area contributed by atoms with Gasteiger partial charge >= 0.3 is 0 Å². The number of piperidine rings is 1. The SMILES string of the molecule is COc1cc2ccc1Oc1cccc(c1)CO[C@H]1CN(C(=O)CC3CCN(C)CC3)C[C@@H]1NC(=O)CN(C1CC1)C(=O)CC2. The second-order valence-corrected chi connectivity index (χ2v) is 12.8. The summed E-state index contributed by atoms with van der Waals surface area (Å²) in [5, 5.41) is 3.14. The fraction of sp³-hybridized carbons (Fsp3) is 0.559. The van der Waals surface area contributed by atoms with Crippen molar-refractivity contribution in [3.63, 3.8) is 0 Å². The van der Waals surface area contributed by atoms with Crippen molar-refractivity contribution in [2.45, 2.75) is 69.7 Å². The van der Waals surface area contributed by atoms with Gasteiger partial charge in [-0.3, -0.25) is 14.4 Å². The van der Waals surface area contributed by atoms with Crippen LogP contribution in [0.4, 0.5) is 0 Å². The number of rotatable bonds is 4. The predicted molar refractivity (Wildman–Crippen MR) is 164 cm³/mol. The average molecular weight is 605 g/mol. The number of likely N-dealkylation sites (tertiary alicyclic amines) is 2. The van der Waals surface area contributed by atoms with E-state index >= 15 is 0 Å². The summed E-state index contributed by atoms with van der Waals surface area (Å²) < 4.78 is 18.2. The first-order chi connectivity index (χ1) is 21.3. The summed E-state index contributed by atoms with van der Waals surface area (Å²) in [5.74, 6) is 2.07. The highest BCUT2D eigenvalue weighted by Gasteiger charge is 2.39. The lowest BCUT2D eigenvalue weighted by atomic mass is 9.93. The van der Waals surface area contributed by atoms with Gasteiger partial charge in [0.15, 0.2) is 11.5 Å². The topological polar surface area (TPSA) is 101 Å². The lowest BCUT2D eigenvalue weighted by Gasteiger charge is -2.29. The number of ether oxygens (including phenoxy) is 3. The van der Waals surface area contributed by atoms with E-state index in [0.717, 1.165) is 49.9 Å². The summed E-state index contributed by atoms with van der Waals surface area (Å²) >= 11 is 0. The van der Waals surface area contributed by atoms with Gasteiger partial charge < -0.3 is 34.2 Å². The van der Waals surface area contributed by atoms with Crippen molar-refractivity contribution >= 4 is 17.7 Å². The van der Waals surface area contributed by atoms with E-state index in [2.05, 4.69) is 17.3 Å². The van der Waals surface area contributed by atoms with Crippen molar-refractivity contribution in [1.82, 2.24) is 20.0 Å². The third-order valence-electron chi connectivity index (χ3n) is 9.33. The van der Waals surface area contributed by atoms with Gasteiger partial charge in [-0.25, -0.2) is 0 Å². The van der Waals surface area contributed by atoms with Crippen LogP contribution in [0, 0.1) is 5.92 Å². The third kappa shape index (κ3) is 7.53. The molecule has 3 amide bonds. The molecule has 44 heavy (non-hydrogen) atoms. The van der Waals surface area contributed by atoms with Crippen LogP contribution in [0.2, 0.25) is 0 Å². The second-order valence-electron chi connectivity index (χ2n) is 12.8. The fourth-order valence-corrected chi connectivity index (χ4v) is 6.52. The van der Waals surface area contributed by atoms with Crippen LogP contribution in [0.15, 0.2) is 42.5 Å². The predicted octanol–water partition coefficient (Wildman–Crippen LogP) is 3.37. The molecule has 1 saturated carbocycles. The van der Waals surface area contributed by atoms with Gasteiger partial charge in [-0.15, -0.1) is 0 Å². The normalized spacial score (nSPS) is 24.1. The number of hydrogen-bond acceptors (Lipinski definition) is 7. The lowest BCUT2D eigenvalue weighted by molar-refractivity contribution is -0.137. The first kappa shape index (κ1) is 30.4. The minimum atomic E-state index is -0.371. The quantitative estimate of drug-likeness (QED) is 0.571. The molecule has 4 heterocycles. The Labute approximate surface area is 259 Å². The van der Waals surface area contributed by atoms with Gasteiger partial charge in [-0.05, 0) is 93.6 Å². The number of carbonyl (C=O) groups is 3. The van der Waals surface area contributed by atoms with E-state index in [0.29, 0.717) is 62.1 Å². The van der Waals surface area contributed by atoms with Crippen molar-refractivity contribution in [1.29, 1.82) is 0 Å².